The minimum Gasteiger partial charge on any atom is -0.366 e. The summed E-state index contributed by atoms with van der Waals surface area (Å²) in [5.41, 5.74) is 3.74. The third-order valence-corrected chi connectivity index (χ3v) is 5.02. The fourth-order valence-corrected chi connectivity index (χ4v) is 3.51. The van der Waals surface area contributed by atoms with Crippen LogP contribution in [-0.2, 0) is 12.0 Å². The van der Waals surface area contributed by atoms with E-state index in [1.54, 1.807) is 0 Å². The van der Waals surface area contributed by atoms with Crippen molar-refractivity contribution in [1.82, 2.24) is 9.78 Å². The summed E-state index contributed by atoms with van der Waals surface area (Å²) in [6.45, 7) is 5.71. The molecule has 3 nitrogen and oxygen atoms in total. The van der Waals surface area contributed by atoms with Gasteiger partial charge in [0.15, 0.2) is 0 Å². The summed E-state index contributed by atoms with van der Waals surface area (Å²) in [6.07, 6.45) is 3.57. The van der Waals surface area contributed by atoms with Gasteiger partial charge in [0.05, 0.1) is 12.2 Å². The van der Waals surface area contributed by atoms with Crippen LogP contribution in [0, 0.1) is 0 Å². The summed E-state index contributed by atoms with van der Waals surface area (Å²) < 4.78 is 2.04. The van der Waals surface area contributed by atoms with E-state index in [0.29, 0.717) is 0 Å². The third kappa shape index (κ3) is 1.99. The molecule has 108 valence electrons. The fraction of sp³-hybridized carbons (Fsp3) is 0.353. The molecule has 0 amide bonds. The normalized spacial score (nSPS) is 19.6. The van der Waals surface area contributed by atoms with Gasteiger partial charge in [-0.1, -0.05) is 36.7 Å². The molecule has 2 heterocycles. The lowest BCUT2D eigenvalue weighted by molar-refractivity contribution is 0.291. The van der Waals surface area contributed by atoms with Crippen LogP contribution in [0.1, 0.15) is 30.5 Å². The monoisotopic (exact) mass is 299 g/mol. The molecular formula is C17H18ClN3. The number of hydrogen-bond donors (Lipinski definition) is 1. The van der Waals surface area contributed by atoms with Gasteiger partial charge in [0, 0.05) is 23.0 Å². The molecule has 1 aromatic carbocycles. The average Bonchev–Trinajstić information content (AvgIpc) is 2.82. The molecule has 1 aliphatic carbocycles. The Labute approximate surface area is 129 Å². The van der Waals surface area contributed by atoms with Crippen molar-refractivity contribution < 1.29 is 0 Å². The predicted molar refractivity (Wildman–Crippen MR) is 85.9 cm³/mol. The highest BCUT2D eigenvalue weighted by Gasteiger charge is 2.43. The zero-order valence-electron chi connectivity index (χ0n) is 11.9. The van der Waals surface area contributed by atoms with Crippen LogP contribution in [0.3, 0.4) is 0 Å². The van der Waals surface area contributed by atoms with Crippen molar-refractivity contribution >= 4 is 17.4 Å². The summed E-state index contributed by atoms with van der Waals surface area (Å²) in [5, 5.41) is 9.04. The Morgan fingerprint density at radius 1 is 1.24 bits per heavy atom. The molecule has 1 fully saturated rings. The minimum absolute atomic E-state index is 0.0674. The second-order valence-corrected chi connectivity index (χ2v) is 6.56. The fourth-order valence-electron chi connectivity index (χ4n) is 3.39. The molecule has 4 rings (SSSR count). The summed E-state index contributed by atoms with van der Waals surface area (Å²) in [7, 11) is 0. The van der Waals surface area contributed by atoms with Crippen LogP contribution >= 0.6 is 11.6 Å². The summed E-state index contributed by atoms with van der Waals surface area (Å²) in [4.78, 5) is 0. The molecule has 1 N–H and O–H groups in total. The molecule has 2 aromatic rings. The SMILES string of the molecule is C=C1CNc2cc(C3(c4ccc(Cl)cc4)CCC3)nn2C1. The zero-order valence-corrected chi connectivity index (χ0v) is 12.7. The maximum absolute atomic E-state index is 6.03. The van der Waals surface area contributed by atoms with Crippen molar-refractivity contribution in [3.05, 3.63) is 58.8 Å². The lowest BCUT2D eigenvalue weighted by Crippen LogP contribution is -2.36. The van der Waals surface area contributed by atoms with Crippen LogP contribution in [0.4, 0.5) is 5.82 Å². The van der Waals surface area contributed by atoms with Crippen molar-refractivity contribution in [3.63, 3.8) is 0 Å². The molecule has 0 spiro atoms. The standard InChI is InChI=1S/C17H18ClN3/c1-12-10-19-16-9-15(20-21(16)11-12)17(7-2-8-17)13-3-5-14(18)6-4-13/h3-6,9,19H,1-2,7-8,10-11H2. The van der Waals surface area contributed by atoms with Crippen molar-refractivity contribution in [2.75, 3.05) is 11.9 Å². The topological polar surface area (TPSA) is 29.9 Å². The van der Waals surface area contributed by atoms with Gasteiger partial charge in [-0.2, -0.15) is 5.10 Å². The highest BCUT2D eigenvalue weighted by Crippen LogP contribution is 2.49. The van der Waals surface area contributed by atoms with Crippen molar-refractivity contribution in [2.45, 2.75) is 31.2 Å². The van der Waals surface area contributed by atoms with Gasteiger partial charge in [0.25, 0.3) is 0 Å². The van der Waals surface area contributed by atoms with Crippen LogP contribution in [0.2, 0.25) is 5.02 Å². The van der Waals surface area contributed by atoms with E-state index >= 15 is 0 Å². The molecule has 2 aliphatic rings. The summed E-state index contributed by atoms with van der Waals surface area (Å²) >= 11 is 6.03. The molecule has 1 aromatic heterocycles. The molecule has 21 heavy (non-hydrogen) atoms. The quantitative estimate of drug-likeness (QED) is 0.850. The molecule has 0 unspecified atom stereocenters. The number of halogens is 1. The first kappa shape index (κ1) is 13.0. The summed E-state index contributed by atoms with van der Waals surface area (Å²) in [6, 6.07) is 10.5. The summed E-state index contributed by atoms with van der Waals surface area (Å²) in [5.74, 6) is 1.11. The van der Waals surface area contributed by atoms with Crippen LogP contribution in [0.25, 0.3) is 0 Å². The molecule has 0 saturated heterocycles. The van der Waals surface area contributed by atoms with E-state index in [1.807, 2.05) is 16.8 Å². The molecule has 1 saturated carbocycles. The molecule has 0 bridgehead atoms. The largest absolute Gasteiger partial charge is 0.366 e. The second-order valence-electron chi connectivity index (χ2n) is 6.12. The lowest BCUT2D eigenvalue weighted by Gasteiger charge is -2.41. The van der Waals surface area contributed by atoms with E-state index in [4.69, 9.17) is 16.7 Å². The third-order valence-electron chi connectivity index (χ3n) is 4.77. The molecule has 1 aliphatic heterocycles. The minimum atomic E-state index is 0.0674. The maximum Gasteiger partial charge on any atom is 0.125 e. The Bertz CT molecular complexity index is 695. The van der Waals surface area contributed by atoms with E-state index in [1.165, 1.54) is 23.3 Å². The number of anilines is 1. The molecule has 0 radical (unpaired) electrons. The first-order chi connectivity index (χ1) is 10.2. The van der Waals surface area contributed by atoms with Crippen LogP contribution in [-0.4, -0.2) is 16.3 Å². The molecule has 4 heteroatoms. The van der Waals surface area contributed by atoms with Gasteiger partial charge in [-0.05, 0) is 36.1 Å². The Balaban J connectivity index is 1.76. The first-order valence-electron chi connectivity index (χ1n) is 7.42. The Kier molecular flexibility index (Phi) is 2.86. The lowest BCUT2D eigenvalue weighted by atomic mass is 9.62. The van der Waals surface area contributed by atoms with Gasteiger partial charge in [0.2, 0.25) is 0 Å². The Morgan fingerprint density at radius 2 is 2.00 bits per heavy atom. The van der Waals surface area contributed by atoms with Crippen LogP contribution < -0.4 is 5.32 Å². The number of fused-ring (bicyclic) bond motifs is 1. The van der Waals surface area contributed by atoms with Gasteiger partial charge >= 0.3 is 0 Å². The zero-order chi connectivity index (χ0) is 14.4. The number of benzene rings is 1. The maximum atomic E-state index is 6.03. The van der Waals surface area contributed by atoms with E-state index < -0.39 is 0 Å². The number of nitrogens with one attached hydrogen (secondary N) is 1. The van der Waals surface area contributed by atoms with E-state index in [-0.39, 0.29) is 5.41 Å². The van der Waals surface area contributed by atoms with Crippen LogP contribution in [0.15, 0.2) is 42.5 Å². The number of rotatable bonds is 2. The molecular weight excluding hydrogens is 282 g/mol. The van der Waals surface area contributed by atoms with Crippen molar-refractivity contribution in [3.8, 4) is 0 Å². The van der Waals surface area contributed by atoms with Gasteiger partial charge in [-0.25, -0.2) is 4.68 Å². The second kappa shape index (κ2) is 4.63. The van der Waals surface area contributed by atoms with E-state index in [2.05, 4.69) is 30.1 Å². The van der Waals surface area contributed by atoms with Gasteiger partial charge in [-0.15, -0.1) is 0 Å². The first-order valence-corrected chi connectivity index (χ1v) is 7.80. The number of nitrogens with zero attached hydrogens (tertiary/aromatic N) is 2. The predicted octanol–water partition coefficient (Wildman–Crippen LogP) is 3.99. The number of hydrogen-bond acceptors (Lipinski definition) is 2. The van der Waals surface area contributed by atoms with Crippen LogP contribution in [0.5, 0.6) is 0 Å². The van der Waals surface area contributed by atoms with Gasteiger partial charge in [0.1, 0.15) is 5.82 Å². The van der Waals surface area contributed by atoms with E-state index in [9.17, 15) is 0 Å². The molecule has 0 atom stereocenters. The smallest absolute Gasteiger partial charge is 0.125 e. The van der Waals surface area contributed by atoms with Crippen molar-refractivity contribution in [2.24, 2.45) is 0 Å². The highest BCUT2D eigenvalue weighted by atomic mass is 35.5. The van der Waals surface area contributed by atoms with E-state index in [0.717, 1.165) is 36.8 Å². The van der Waals surface area contributed by atoms with Crippen molar-refractivity contribution in [1.29, 1.82) is 0 Å². The Morgan fingerprint density at radius 3 is 2.67 bits per heavy atom. The number of aromatic nitrogens is 2. The van der Waals surface area contributed by atoms with Gasteiger partial charge in [-0.3, -0.25) is 0 Å². The van der Waals surface area contributed by atoms with Gasteiger partial charge < -0.3 is 5.32 Å². The average molecular weight is 300 g/mol. The Hall–Kier alpha value is -1.74. The highest BCUT2D eigenvalue weighted by molar-refractivity contribution is 6.30.